The number of nitrogens with two attached hydrogens (primary N) is 1. The Hall–Kier alpha value is -2.58. The Morgan fingerprint density at radius 1 is 1.05 bits per heavy atom. The van der Waals surface area contributed by atoms with Gasteiger partial charge in [0.1, 0.15) is 0 Å². The fourth-order valence-electron chi connectivity index (χ4n) is 6.28. The third kappa shape index (κ3) is 7.00. The number of rotatable bonds is 11. The quantitative estimate of drug-likeness (QED) is 0.399. The Bertz CT molecular complexity index is 1270. The highest BCUT2D eigenvalue weighted by atomic mass is 35.5. The zero-order valence-electron chi connectivity index (χ0n) is 22.7. The van der Waals surface area contributed by atoms with Gasteiger partial charge >= 0.3 is 0 Å². The molecule has 3 aliphatic rings. The second-order valence-corrected chi connectivity index (χ2v) is 12.0. The number of aryl methyl sites for hydroxylation is 2. The molecule has 2 aromatic rings. The van der Waals surface area contributed by atoms with Crippen LogP contribution in [0.1, 0.15) is 56.1 Å². The number of Topliss-reactive ketones (excluding diaryl/α,β-unsaturated/α-hetero) is 1. The average molecular weight is 583 g/mol. The molecule has 5 rings (SSSR count). The summed E-state index contributed by atoms with van der Waals surface area (Å²) in [7, 11) is 0. The minimum absolute atomic E-state index is 0.0349. The van der Waals surface area contributed by atoms with E-state index in [0.29, 0.717) is 61.7 Å². The second-order valence-electron chi connectivity index (χ2n) is 11.1. The molecule has 0 spiro atoms. The summed E-state index contributed by atoms with van der Waals surface area (Å²) >= 11 is 12.3. The number of halogens is 2. The van der Waals surface area contributed by atoms with Crippen molar-refractivity contribution in [1.29, 1.82) is 0 Å². The normalized spacial score (nSPS) is 23.7. The Morgan fingerprint density at radius 3 is 2.62 bits per heavy atom. The van der Waals surface area contributed by atoms with Crippen molar-refractivity contribution in [2.45, 2.75) is 82.0 Å². The number of carbonyl (C=O) groups is 2. The summed E-state index contributed by atoms with van der Waals surface area (Å²) in [6, 6.07) is 15.3. The summed E-state index contributed by atoms with van der Waals surface area (Å²) in [6.07, 6.45) is 7.87. The first-order valence-electron chi connectivity index (χ1n) is 14.3. The van der Waals surface area contributed by atoms with E-state index in [9.17, 15) is 9.59 Å². The maximum absolute atomic E-state index is 14.1. The molecular weight excluding hydrogens is 545 g/mol. The Balaban J connectivity index is 1.33. The van der Waals surface area contributed by atoms with Crippen molar-refractivity contribution in [3.8, 4) is 0 Å². The van der Waals surface area contributed by atoms with E-state index in [1.807, 2.05) is 23.1 Å². The predicted molar refractivity (Wildman–Crippen MR) is 161 cm³/mol. The molecule has 2 saturated heterocycles. The van der Waals surface area contributed by atoms with Crippen LogP contribution in [0.4, 0.5) is 0 Å². The fraction of sp³-hybridized carbons (Fsp3) is 0.484. The number of fused-ring (bicyclic) bond motifs is 1. The van der Waals surface area contributed by atoms with Crippen LogP contribution in [0.3, 0.4) is 0 Å². The van der Waals surface area contributed by atoms with Crippen LogP contribution < -0.4 is 5.73 Å². The zero-order chi connectivity index (χ0) is 28.1. The van der Waals surface area contributed by atoms with Crippen LogP contribution in [0.25, 0.3) is 0 Å². The summed E-state index contributed by atoms with van der Waals surface area (Å²) in [5, 5.41) is 9.16. The smallest absolute Gasteiger partial charge is 0.240 e. The molecule has 4 atom stereocenters. The van der Waals surface area contributed by atoms with Crippen LogP contribution in [-0.4, -0.2) is 70.7 Å². The lowest BCUT2D eigenvalue weighted by Crippen LogP contribution is -2.50. The van der Waals surface area contributed by atoms with Crippen LogP contribution >= 0.6 is 23.2 Å². The molecule has 9 heteroatoms. The van der Waals surface area contributed by atoms with Crippen molar-refractivity contribution in [2.24, 2.45) is 15.9 Å². The molecule has 1 amide bonds. The number of ketones is 1. The highest BCUT2D eigenvalue weighted by molar-refractivity contribution is 6.42. The molecule has 0 saturated carbocycles. The van der Waals surface area contributed by atoms with Crippen molar-refractivity contribution in [1.82, 2.24) is 9.80 Å². The molecule has 2 aromatic carbocycles. The van der Waals surface area contributed by atoms with E-state index in [4.69, 9.17) is 28.9 Å². The van der Waals surface area contributed by atoms with Crippen molar-refractivity contribution in [2.75, 3.05) is 13.1 Å². The molecule has 0 aromatic heterocycles. The first-order valence-corrected chi connectivity index (χ1v) is 15.0. The van der Waals surface area contributed by atoms with Crippen LogP contribution in [-0.2, 0) is 22.4 Å². The van der Waals surface area contributed by atoms with Gasteiger partial charge in [-0.25, -0.2) is 0 Å². The summed E-state index contributed by atoms with van der Waals surface area (Å²) in [6.45, 7) is 1.28. The van der Waals surface area contributed by atoms with Crippen molar-refractivity contribution >= 4 is 46.8 Å². The Kier molecular flexibility index (Phi) is 9.68. The van der Waals surface area contributed by atoms with Crippen molar-refractivity contribution < 1.29 is 9.59 Å². The number of hydrogen-bond acceptors (Lipinski definition) is 6. The van der Waals surface area contributed by atoms with Gasteiger partial charge in [0.2, 0.25) is 5.91 Å². The fourth-order valence-corrected chi connectivity index (χ4v) is 6.60. The van der Waals surface area contributed by atoms with Gasteiger partial charge in [-0.2, -0.15) is 10.2 Å². The summed E-state index contributed by atoms with van der Waals surface area (Å²) in [5.74, 6) is 0.100. The van der Waals surface area contributed by atoms with Gasteiger partial charge in [-0.3, -0.25) is 14.5 Å². The summed E-state index contributed by atoms with van der Waals surface area (Å²) in [4.78, 5) is 32.1. The van der Waals surface area contributed by atoms with Gasteiger partial charge in [-0.15, -0.1) is 0 Å². The minimum atomic E-state index is -0.509. The first-order chi connectivity index (χ1) is 19.4. The lowest BCUT2D eigenvalue weighted by atomic mass is 9.96. The topological polar surface area (TPSA) is 91.4 Å². The monoisotopic (exact) mass is 581 g/mol. The van der Waals surface area contributed by atoms with Gasteiger partial charge in [0.15, 0.2) is 5.78 Å². The first kappa shape index (κ1) is 28.9. The van der Waals surface area contributed by atoms with Gasteiger partial charge in [-0.05, 0) is 68.2 Å². The van der Waals surface area contributed by atoms with E-state index in [1.54, 1.807) is 12.3 Å². The molecule has 2 fully saturated rings. The maximum atomic E-state index is 14.1. The van der Waals surface area contributed by atoms with E-state index in [2.05, 4.69) is 39.4 Å². The average Bonchev–Trinajstić information content (AvgIpc) is 3.60. The van der Waals surface area contributed by atoms with E-state index in [-0.39, 0.29) is 29.8 Å². The zero-order valence-corrected chi connectivity index (χ0v) is 24.2. The SMILES string of the molecule is NC1CC2C(=O)N(C(CCC3=NN=CC3)C(=O)CCc3ccc(Cl)c(Cl)c3)CCC(CCc3ccccc3)N2C1. The highest BCUT2D eigenvalue weighted by Gasteiger charge is 2.45. The van der Waals surface area contributed by atoms with Crippen molar-refractivity contribution in [3.63, 3.8) is 0 Å². The Morgan fingerprint density at radius 2 is 1.88 bits per heavy atom. The lowest BCUT2D eigenvalue weighted by molar-refractivity contribution is -0.142. The molecule has 3 aliphatic heterocycles. The largest absolute Gasteiger partial charge is 0.331 e. The van der Waals surface area contributed by atoms with Crippen LogP contribution in [0.15, 0.2) is 58.7 Å². The molecule has 0 radical (unpaired) electrons. The third-order valence-corrected chi connectivity index (χ3v) is 9.17. The second kappa shape index (κ2) is 13.4. The molecular formula is C31H37Cl2N5O2. The third-order valence-electron chi connectivity index (χ3n) is 8.43. The highest BCUT2D eigenvalue weighted by Crippen LogP contribution is 2.31. The molecule has 4 unspecified atom stereocenters. The maximum Gasteiger partial charge on any atom is 0.240 e. The van der Waals surface area contributed by atoms with E-state index >= 15 is 0 Å². The summed E-state index contributed by atoms with van der Waals surface area (Å²) in [5.41, 5.74) is 9.61. The van der Waals surface area contributed by atoms with E-state index in [0.717, 1.165) is 30.5 Å². The molecule has 7 nitrogen and oxygen atoms in total. The van der Waals surface area contributed by atoms with E-state index in [1.165, 1.54) is 5.56 Å². The van der Waals surface area contributed by atoms with Crippen LogP contribution in [0.5, 0.6) is 0 Å². The molecule has 0 aliphatic carbocycles. The van der Waals surface area contributed by atoms with Gasteiger partial charge in [-0.1, -0.05) is 59.6 Å². The van der Waals surface area contributed by atoms with Gasteiger partial charge < -0.3 is 10.6 Å². The van der Waals surface area contributed by atoms with Gasteiger partial charge in [0.05, 0.1) is 22.1 Å². The lowest BCUT2D eigenvalue weighted by Gasteiger charge is -2.32. The number of amides is 1. The molecule has 2 N–H and O–H groups in total. The number of nitrogens with zero attached hydrogens (tertiary/aromatic N) is 4. The van der Waals surface area contributed by atoms with Gasteiger partial charge in [0, 0.05) is 49.9 Å². The number of benzene rings is 2. The van der Waals surface area contributed by atoms with Gasteiger partial charge in [0.25, 0.3) is 0 Å². The van der Waals surface area contributed by atoms with Crippen LogP contribution in [0.2, 0.25) is 10.0 Å². The van der Waals surface area contributed by atoms with E-state index < -0.39 is 6.04 Å². The van der Waals surface area contributed by atoms with Crippen molar-refractivity contribution in [3.05, 3.63) is 69.7 Å². The number of hydrogen-bond donors (Lipinski definition) is 1. The minimum Gasteiger partial charge on any atom is -0.331 e. The number of carbonyl (C=O) groups excluding carboxylic acids is 2. The standard InChI is InChI=1S/C31H37Cl2N5O2/c32-26-11-7-22(18-27(26)33)8-13-30(39)28(12-9-24-14-16-35-36-24)37-17-15-25(10-6-21-4-2-1-3-5-21)38-20-23(34)19-29(38)31(37)40/h1-5,7,11,16,18,23,25,28-29H,6,8-10,12-15,17,19-20,34H2. The molecule has 0 bridgehead atoms. The molecule has 212 valence electrons. The summed E-state index contributed by atoms with van der Waals surface area (Å²) < 4.78 is 0. The van der Waals surface area contributed by atoms with Crippen LogP contribution in [0, 0.1) is 0 Å². The molecule has 40 heavy (non-hydrogen) atoms. The molecule has 3 heterocycles. The Labute approximate surface area is 246 Å². The predicted octanol–water partition coefficient (Wildman–Crippen LogP) is 5.11.